The average Bonchev–Trinajstić information content (AvgIpc) is 2.84. The standard InChI is InChI=1S/C13H16ClN5O2/c1-19-8-15-12(18-19)17-13(21)16-11(6-7-20)9-2-4-10(14)5-3-9/h2-5,8,11,20H,6-7H2,1H3,(H2,16,17,18,21). The molecule has 2 rings (SSSR count). The number of anilines is 1. The molecule has 0 fully saturated rings. The van der Waals surface area contributed by atoms with E-state index in [1.165, 1.54) is 11.0 Å². The summed E-state index contributed by atoms with van der Waals surface area (Å²) in [6, 6.07) is 6.33. The second-order valence-corrected chi connectivity index (χ2v) is 4.89. The molecule has 112 valence electrons. The van der Waals surface area contributed by atoms with Gasteiger partial charge in [0.2, 0.25) is 5.95 Å². The molecule has 0 aliphatic heterocycles. The van der Waals surface area contributed by atoms with Crippen molar-refractivity contribution < 1.29 is 9.90 Å². The van der Waals surface area contributed by atoms with Gasteiger partial charge in [0.15, 0.2) is 0 Å². The molecule has 0 aliphatic carbocycles. The molecule has 0 saturated carbocycles. The summed E-state index contributed by atoms with van der Waals surface area (Å²) in [5, 5.41) is 19.0. The summed E-state index contributed by atoms with van der Waals surface area (Å²) in [5.41, 5.74) is 0.859. The highest BCUT2D eigenvalue weighted by Crippen LogP contribution is 2.19. The lowest BCUT2D eigenvalue weighted by molar-refractivity contribution is 0.239. The van der Waals surface area contributed by atoms with Crippen molar-refractivity contribution in [2.75, 3.05) is 11.9 Å². The fourth-order valence-electron chi connectivity index (χ4n) is 1.84. The zero-order valence-corrected chi connectivity index (χ0v) is 12.2. The smallest absolute Gasteiger partial charge is 0.322 e. The largest absolute Gasteiger partial charge is 0.396 e. The number of carbonyl (C=O) groups is 1. The maximum absolute atomic E-state index is 11.9. The zero-order chi connectivity index (χ0) is 15.2. The van der Waals surface area contributed by atoms with Crippen molar-refractivity contribution in [1.29, 1.82) is 0 Å². The number of nitrogens with zero attached hydrogens (tertiary/aromatic N) is 3. The van der Waals surface area contributed by atoms with E-state index in [1.807, 2.05) is 12.1 Å². The number of aryl methyl sites for hydroxylation is 1. The van der Waals surface area contributed by atoms with E-state index in [9.17, 15) is 4.79 Å². The monoisotopic (exact) mass is 309 g/mol. The van der Waals surface area contributed by atoms with Crippen LogP contribution in [0.2, 0.25) is 5.02 Å². The highest BCUT2D eigenvalue weighted by molar-refractivity contribution is 6.30. The van der Waals surface area contributed by atoms with E-state index in [0.29, 0.717) is 11.4 Å². The molecule has 1 aromatic carbocycles. The molecule has 8 heteroatoms. The molecule has 1 aromatic heterocycles. The number of aliphatic hydroxyl groups excluding tert-OH is 1. The molecule has 0 aliphatic rings. The summed E-state index contributed by atoms with van der Waals surface area (Å²) in [6.45, 7) is -0.0462. The van der Waals surface area contributed by atoms with Crippen LogP contribution in [0.3, 0.4) is 0 Å². The first-order valence-electron chi connectivity index (χ1n) is 6.38. The molecule has 1 unspecified atom stereocenters. The van der Waals surface area contributed by atoms with Crippen LogP contribution in [0.25, 0.3) is 0 Å². The maximum Gasteiger partial charge on any atom is 0.322 e. The minimum Gasteiger partial charge on any atom is -0.396 e. The first-order chi connectivity index (χ1) is 10.1. The second kappa shape index (κ2) is 7.05. The Labute approximate surface area is 126 Å². The summed E-state index contributed by atoms with van der Waals surface area (Å²) in [7, 11) is 1.71. The molecular weight excluding hydrogens is 294 g/mol. The Morgan fingerprint density at radius 3 is 2.71 bits per heavy atom. The Kier molecular flexibility index (Phi) is 5.13. The van der Waals surface area contributed by atoms with E-state index in [-0.39, 0.29) is 18.6 Å². The topological polar surface area (TPSA) is 92.1 Å². The number of urea groups is 1. The highest BCUT2D eigenvalue weighted by Gasteiger charge is 2.15. The van der Waals surface area contributed by atoms with Crippen LogP contribution in [0.1, 0.15) is 18.0 Å². The van der Waals surface area contributed by atoms with Crippen LogP contribution in [0.4, 0.5) is 10.7 Å². The number of hydrogen-bond donors (Lipinski definition) is 3. The Balaban J connectivity index is 2.01. The van der Waals surface area contributed by atoms with E-state index in [4.69, 9.17) is 16.7 Å². The number of amides is 2. The van der Waals surface area contributed by atoms with Crippen molar-refractivity contribution >= 4 is 23.6 Å². The quantitative estimate of drug-likeness (QED) is 0.784. The fraction of sp³-hybridized carbons (Fsp3) is 0.308. The Morgan fingerprint density at radius 1 is 1.43 bits per heavy atom. The lowest BCUT2D eigenvalue weighted by atomic mass is 10.0. The molecule has 0 bridgehead atoms. The van der Waals surface area contributed by atoms with E-state index in [1.54, 1.807) is 19.2 Å². The number of hydrogen-bond acceptors (Lipinski definition) is 4. The lowest BCUT2D eigenvalue weighted by Gasteiger charge is -2.18. The van der Waals surface area contributed by atoms with Gasteiger partial charge in [0.25, 0.3) is 0 Å². The third kappa shape index (κ3) is 4.44. The Hall–Kier alpha value is -2.12. The molecule has 7 nitrogen and oxygen atoms in total. The van der Waals surface area contributed by atoms with Crippen LogP contribution in [0.15, 0.2) is 30.6 Å². The predicted octanol–water partition coefficient (Wildman–Crippen LogP) is 1.71. The van der Waals surface area contributed by atoms with Crippen molar-refractivity contribution in [3.05, 3.63) is 41.2 Å². The first-order valence-corrected chi connectivity index (χ1v) is 6.76. The van der Waals surface area contributed by atoms with Gasteiger partial charge in [-0.3, -0.25) is 10.00 Å². The van der Waals surface area contributed by atoms with E-state index in [2.05, 4.69) is 20.7 Å². The van der Waals surface area contributed by atoms with Gasteiger partial charge in [-0.05, 0) is 24.1 Å². The lowest BCUT2D eigenvalue weighted by Crippen LogP contribution is -2.33. The number of aromatic nitrogens is 3. The fourth-order valence-corrected chi connectivity index (χ4v) is 1.96. The van der Waals surface area contributed by atoms with Crippen LogP contribution in [0.5, 0.6) is 0 Å². The van der Waals surface area contributed by atoms with Crippen LogP contribution in [-0.2, 0) is 7.05 Å². The van der Waals surface area contributed by atoms with Gasteiger partial charge >= 0.3 is 6.03 Å². The molecule has 0 radical (unpaired) electrons. The first kappa shape index (κ1) is 15.3. The van der Waals surface area contributed by atoms with E-state index >= 15 is 0 Å². The number of halogens is 1. The van der Waals surface area contributed by atoms with Gasteiger partial charge in [0.05, 0.1) is 6.04 Å². The van der Waals surface area contributed by atoms with Gasteiger partial charge in [0.1, 0.15) is 6.33 Å². The molecule has 1 heterocycles. The molecular formula is C13H16ClN5O2. The summed E-state index contributed by atoms with van der Waals surface area (Å²) >= 11 is 5.84. The molecule has 0 spiro atoms. The third-order valence-corrected chi connectivity index (χ3v) is 3.07. The number of nitrogens with one attached hydrogen (secondary N) is 2. The second-order valence-electron chi connectivity index (χ2n) is 4.46. The van der Waals surface area contributed by atoms with Crippen LogP contribution in [0, 0.1) is 0 Å². The van der Waals surface area contributed by atoms with Gasteiger partial charge in [-0.25, -0.2) is 9.78 Å². The van der Waals surface area contributed by atoms with Gasteiger partial charge in [-0.2, -0.15) is 0 Å². The molecule has 2 amide bonds. The van der Waals surface area contributed by atoms with Crippen molar-refractivity contribution in [2.45, 2.75) is 12.5 Å². The average molecular weight is 310 g/mol. The summed E-state index contributed by atoms with van der Waals surface area (Å²) in [5.74, 6) is 0.217. The van der Waals surface area contributed by atoms with Crippen molar-refractivity contribution in [3.8, 4) is 0 Å². The van der Waals surface area contributed by atoms with Crippen molar-refractivity contribution in [1.82, 2.24) is 20.1 Å². The number of rotatable bonds is 5. The number of benzene rings is 1. The predicted molar refractivity (Wildman–Crippen MR) is 79.1 cm³/mol. The molecule has 1 atom stereocenters. The van der Waals surface area contributed by atoms with Crippen LogP contribution >= 0.6 is 11.6 Å². The minimum atomic E-state index is -0.436. The van der Waals surface area contributed by atoms with Gasteiger partial charge in [0, 0.05) is 18.7 Å². The normalized spacial score (nSPS) is 12.0. The molecule has 3 N–H and O–H groups in total. The van der Waals surface area contributed by atoms with Gasteiger partial charge < -0.3 is 10.4 Å². The molecule has 0 saturated heterocycles. The van der Waals surface area contributed by atoms with Crippen LogP contribution < -0.4 is 10.6 Å². The van der Waals surface area contributed by atoms with E-state index < -0.39 is 6.03 Å². The number of aliphatic hydroxyl groups is 1. The SMILES string of the molecule is Cn1cnc(NC(=O)NC(CCO)c2ccc(Cl)cc2)n1. The summed E-state index contributed by atoms with van der Waals surface area (Å²) < 4.78 is 1.49. The Morgan fingerprint density at radius 2 is 2.14 bits per heavy atom. The minimum absolute atomic E-state index is 0.0462. The van der Waals surface area contributed by atoms with Crippen molar-refractivity contribution in [2.24, 2.45) is 7.05 Å². The third-order valence-electron chi connectivity index (χ3n) is 2.82. The summed E-state index contributed by atoms with van der Waals surface area (Å²) in [6.07, 6.45) is 1.88. The number of carbonyl (C=O) groups excluding carboxylic acids is 1. The Bertz CT molecular complexity index is 599. The highest BCUT2D eigenvalue weighted by atomic mass is 35.5. The zero-order valence-electron chi connectivity index (χ0n) is 11.5. The maximum atomic E-state index is 11.9. The summed E-state index contributed by atoms with van der Waals surface area (Å²) in [4.78, 5) is 15.8. The van der Waals surface area contributed by atoms with Crippen LogP contribution in [-0.4, -0.2) is 32.5 Å². The van der Waals surface area contributed by atoms with Gasteiger partial charge in [-0.15, -0.1) is 5.10 Å². The molecule has 2 aromatic rings. The van der Waals surface area contributed by atoms with Crippen molar-refractivity contribution in [3.63, 3.8) is 0 Å². The van der Waals surface area contributed by atoms with Gasteiger partial charge in [-0.1, -0.05) is 23.7 Å². The molecule has 21 heavy (non-hydrogen) atoms. The van der Waals surface area contributed by atoms with E-state index in [0.717, 1.165) is 5.56 Å².